The van der Waals surface area contributed by atoms with Crippen molar-refractivity contribution in [3.8, 4) is 0 Å². The maximum atomic E-state index is 11.5. The fourth-order valence-electron chi connectivity index (χ4n) is 0.511. The molecule has 2 nitrogen and oxygen atoms in total. The average molecular weight is 222 g/mol. The van der Waals surface area contributed by atoms with E-state index < -0.39 is 36.8 Å². The van der Waals surface area contributed by atoms with Crippen LogP contribution in [0.1, 0.15) is 12.8 Å². The summed E-state index contributed by atoms with van der Waals surface area (Å²) in [7, 11) is 0. The second-order valence-electron chi connectivity index (χ2n) is 2.34. The summed E-state index contributed by atoms with van der Waals surface area (Å²) in [5, 5.41) is 0. The van der Waals surface area contributed by atoms with E-state index in [4.69, 9.17) is 0 Å². The minimum Gasteiger partial charge on any atom is -0.290 e. The molecule has 0 aromatic carbocycles. The number of Topliss-reactive ketones (excluding diaryl/α,β-unsaturated/α-hetero) is 2. The first-order chi connectivity index (χ1) is 6.05. The Bertz CT molecular complexity index is 212. The van der Waals surface area contributed by atoms with Gasteiger partial charge in [0.25, 0.3) is 0 Å². The molecule has 0 bridgehead atoms. The van der Waals surface area contributed by atoms with Crippen LogP contribution in [0.15, 0.2) is 0 Å². The Morgan fingerprint density at radius 1 is 0.714 bits per heavy atom. The minimum atomic E-state index is -5.19. The average Bonchev–Trinajstić information content (AvgIpc) is 1.95. The van der Waals surface area contributed by atoms with Gasteiger partial charge in [-0.1, -0.05) is 0 Å². The van der Waals surface area contributed by atoms with Crippen LogP contribution in [0.3, 0.4) is 0 Å². The monoisotopic (exact) mass is 222 g/mol. The van der Waals surface area contributed by atoms with Gasteiger partial charge < -0.3 is 0 Å². The number of carbonyl (C=O) groups is 2. The maximum Gasteiger partial charge on any atom is 0.449 e. The zero-order valence-corrected chi connectivity index (χ0v) is 6.50. The van der Waals surface area contributed by atoms with Crippen LogP contribution < -0.4 is 0 Å². The molecule has 0 fully saturated rings. The summed E-state index contributed by atoms with van der Waals surface area (Å²) in [5.41, 5.74) is 0. The number of rotatable bonds is 3. The van der Waals surface area contributed by atoms with Gasteiger partial charge in [0.05, 0.1) is 0 Å². The van der Waals surface area contributed by atoms with Gasteiger partial charge in [0.2, 0.25) is 11.6 Å². The molecule has 0 saturated heterocycles. The highest BCUT2D eigenvalue weighted by atomic mass is 19.4. The molecule has 8 heteroatoms. The van der Waals surface area contributed by atoms with Crippen molar-refractivity contribution in [1.29, 1.82) is 0 Å². The first-order valence-electron chi connectivity index (χ1n) is 3.25. The molecule has 82 valence electrons. The van der Waals surface area contributed by atoms with E-state index in [0.717, 1.165) is 0 Å². The number of carbonyl (C=O) groups excluding carboxylic acids is 2. The van der Waals surface area contributed by atoms with Gasteiger partial charge in [-0.2, -0.15) is 26.3 Å². The Morgan fingerprint density at radius 3 is 1.07 bits per heavy atom. The van der Waals surface area contributed by atoms with Crippen molar-refractivity contribution in [2.45, 2.75) is 25.2 Å². The van der Waals surface area contributed by atoms with Crippen LogP contribution in [0.2, 0.25) is 0 Å². The normalized spacial score (nSPS) is 12.7. The zero-order valence-electron chi connectivity index (χ0n) is 6.50. The van der Waals surface area contributed by atoms with Gasteiger partial charge in [-0.25, -0.2) is 0 Å². The zero-order chi connectivity index (χ0) is 11.6. The Labute approximate surface area is 73.9 Å². The van der Waals surface area contributed by atoms with E-state index in [9.17, 15) is 35.9 Å². The molecular formula is C6H4F6O2. The number of alkyl halides is 6. The minimum absolute atomic E-state index is 1.47. The fraction of sp³-hybridized carbons (Fsp3) is 0.667. The summed E-state index contributed by atoms with van der Waals surface area (Å²) in [4.78, 5) is 20.1. The number of halogens is 6. The van der Waals surface area contributed by atoms with Crippen LogP contribution in [-0.2, 0) is 9.59 Å². The predicted molar refractivity (Wildman–Crippen MR) is 31.4 cm³/mol. The van der Waals surface area contributed by atoms with Crippen molar-refractivity contribution >= 4 is 11.6 Å². The van der Waals surface area contributed by atoms with E-state index in [-0.39, 0.29) is 0 Å². The first kappa shape index (κ1) is 12.9. The van der Waals surface area contributed by atoms with E-state index in [1.165, 1.54) is 0 Å². The SMILES string of the molecule is O=C(CCC(=O)C(F)(F)F)C(F)(F)F. The van der Waals surface area contributed by atoms with E-state index >= 15 is 0 Å². The van der Waals surface area contributed by atoms with Crippen LogP contribution in [0.4, 0.5) is 26.3 Å². The smallest absolute Gasteiger partial charge is 0.290 e. The Kier molecular flexibility index (Phi) is 3.66. The molecule has 0 saturated carbocycles. The standard InChI is InChI=1S/C6H4F6O2/c7-5(8,9)3(13)1-2-4(14)6(10,11)12/h1-2H2. The van der Waals surface area contributed by atoms with Crippen LogP contribution >= 0.6 is 0 Å². The second-order valence-corrected chi connectivity index (χ2v) is 2.34. The summed E-state index contributed by atoms with van der Waals surface area (Å²) in [6.07, 6.45) is -13.3. The third-order valence-electron chi connectivity index (χ3n) is 1.21. The lowest BCUT2D eigenvalue weighted by molar-refractivity contribution is -0.176. The molecule has 0 rings (SSSR count). The van der Waals surface area contributed by atoms with E-state index in [1.54, 1.807) is 0 Å². The number of hydrogen-bond acceptors (Lipinski definition) is 2. The highest BCUT2D eigenvalue weighted by molar-refractivity contribution is 5.91. The van der Waals surface area contributed by atoms with Crippen LogP contribution in [-0.4, -0.2) is 23.9 Å². The fourth-order valence-corrected chi connectivity index (χ4v) is 0.511. The first-order valence-corrected chi connectivity index (χ1v) is 3.25. The molecule has 0 aliphatic rings. The van der Waals surface area contributed by atoms with Gasteiger partial charge >= 0.3 is 12.4 Å². The predicted octanol–water partition coefficient (Wildman–Crippen LogP) is 2.03. The molecule has 0 aliphatic heterocycles. The third kappa shape index (κ3) is 4.24. The Morgan fingerprint density at radius 2 is 0.929 bits per heavy atom. The topological polar surface area (TPSA) is 34.1 Å². The van der Waals surface area contributed by atoms with Crippen molar-refractivity contribution in [2.24, 2.45) is 0 Å². The summed E-state index contributed by atoms with van der Waals surface area (Å²) >= 11 is 0. The van der Waals surface area contributed by atoms with Gasteiger partial charge in [-0.3, -0.25) is 9.59 Å². The molecule has 0 heterocycles. The quantitative estimate of drug-likeness (QED) is 0.684. The summed E-state index contributed by atoms with van der Waals surface area (Å²) < 4.78 is 68.7. The summed E-state index contributed by atoms with van der Waals surface area (Å²) in [5.74, 6) is -4.68. The molecule has 0 N–H and O–H groups in total. The Balaban J connectivity index is 4.10. The van der Waals surface area contributed by atoms with Gasteiger partial charge in [-0.05, 0) is 0 Å². The van der Waals surface area contributed by atoms with Gasteiger partial charge in [0, 0.05) is 12.8 Å². The molecule has 0 aromatic rings. The van der Waals surface area contributed by atoms with Gasteiger partial charge in [0.15, 0.2) is 0 Å². The molecular weight excluding hydrogens is 218 g/mol. The molecule has 0 aliphatic carbocycles. The van der Waals surface area contributed by atoms with Crippen molar-refractivity contribution < 1.29 is 35.9 Å². The van der Waals surface area contributed by atoms with Gasteiger partial charge in [0.1, 0.15) is 0 Å². The van der Waals surface area contributed by atoms with Gasteiger partial charge in [-0.15, -0.1) is 0 Å². The lowest BCUT2D eigenvalue weighted by atomic mass is 10.1. The molecule has 0 unspecified atom stereocenters. The number of ketones is 2. The van der Waals surface area contributed by atoms with Crippen molar-refractivity contribution in [2.75, 3.05) is 0 Å². The van der Waals surface area contributed by atoms with Crippen molar-refractivity contribution in [3.63, 3.8) is 0 Å². The molecule has 0 atom stereocenters. The third-order valence-corrected chi connectivity index (χ3v) is 1.21. The van der Waals surface area contributed by atoms with Crippen LogP contribution in [0.5, 0.6) is 0 Å². The number of hydrogen-bond donors (Lipinski definition) is 0. The highest BCUT2D eigenvalue weighted by Gasteiger charge is 2.42. The van der Waals surface area contributed by atoms with E-state index in [0.29, 0.717) is 0 Å². The summed E-state index contributed by atoms with van der Waals surface area (Å²) in [6, 6.07) is 0. The van der Waals surface area contributed by atoms with Crippen molar-refractivity contribution in [1.82, 2.24) is 0 Å². The lowest BCUT2D eigenvalue weighted by Gasteiger charge is -2.06. The molecule has 0 radical (unpaired) electrons. The largest absolute Gasteiger partial charge is 0.449 e. The lowest BCUT2D eigenvalue weighted by Crippen LogP contribution is -2.27. The second kappa shape index (κ2) is 3.97. The van der Waals surface area contributed by atoms with Crippen molar-refractivity contribution in [3.05, 3.63) is 0 Å². The van der Waals surface area contributed by atoms with Crippen LogP contribution in [0.25, 0.3) is 0 Å². The molecule has 0 aromatic heterocycles. The Hall–Kier alpha value is -1.08. The van der Waals surface area contributed by atoms with Crippen LogP contribution in [0, 0.1) is 0 Å². The summed E-state index contributed by atoms with van der Waals surface area (Å²) in [6.45, 7) is 0. The molecule has 14 heavy (non-hydrogen) atoms. The molecule has 0 spiro atoms. The van der Waals surface area contributed by atoms with E-state index in [1.807, 2.05) is 0 Å². The maximum absolute atomic E-state index is 11.5. The highest BCUT2D eigenvalue weighted by Crippen LogP contribution is 2.22. The molecule has 0 amide bonds. The van der Waals surface area contributed by atoms with E-state index in [2.05, 4.69) is 0 Å².